The fourth-order valence-electron chi connectivity index (χ4n) is 1.82. The Balaban J connectivity index is 2.28. The van der Waals surface area contributed by atoms with Gasteiger partial charge in [-0.15, -0.1) is 0 Å². The molecular weight excluding hydrogens is 280 g/mol. The standard InChI is InChI=1S/C13H13ClN4O2/c1-17(8-9-2-4-10(14)5-3-9)13-11(18(19)20)6-7-12(15)16-13/h2-7H,8H2,1H3,(H2,15,16). The molecule has 0 radical (unpaired) electrons. The van der Waals surface area contributed by atoms with E-state index in [0.29, 0.717) is 11.6 Å². The van der Waals surface area contributed by atoms with Crippen molar-refractivity contribution in [2.45, 2.75) is 6.54 Å². The molecule has 0 aliphatic heterocycles. The smallest absolute Gasteiger partial charge is 0.311 e. The number of halogens is 1. The Morgan fingerprint density at radius 1 is 1.30 bits per heavy atom. The zero-order valence-electron chi connectivity index (χ0n) is 10.8. The van der Waals surface area contributed by atoms with E-state index in [-0.39, 0.29) is 17.3 Å². The summed E-state index contributed by atoms with van der Waals surface area (Å²) in [6, 6.07) is 10.0. The first-order valence-electron chi connectivity index (χ1n) is 5.84. The second-order valence-corrected chi connectivity index (χ2v) is 4.75. The Hall–Kier alpha value is -2.34. The summed E-state index contributed by atoms with van der Waals surface area (Å²) in [5.74, 6) is 0.485. The number of nitrogens with zero attached hydrogens (tertiary/aromatic N) is 3. The van der Waals surface area contributed by atoms with E-state index in [1.807, 2.05) is 12.1 Å². The molecule has 0 bridgehead atoms. The van der Waals surface area contributed by atoms with E-state index in [9.17, 15) is 10.1 Å². The molecule has 0 unspecified atom stereocenters. The van der Waals surface area contributed by atoms with E-state index in [1.54, 1.807) is 24.1 Å². The van der Waals surface area contributed by atoms with Crippen LogP contribution in [0.25, 0.3) is 0 Å². The lowest BCUT2D eigenvalue weighted by molar-refractivity contribution is -0.384. The summed E-state index contributed by atoms with van der Waals surface area (Å²) in [5, 5.41) is 11.7. The van der Waals surface area contributed by atoms with Gasteiger partial charge >= 0.3 is 5.69 Å². The molecule has 0 atom stereocenters. The number of rotatable bonds is 4. The summed E-state index contributed by atoms with van der Waals surface area (Å²) in [6.07, 6.45) is 0. The minimum atomic E-state index is -0.472. The average Bonchev–Trinajstić information content (AvgIpc) is 2.41. The molecule has 20 heavy (non-hydrogen) atoms. The van der Waals surface area contributed by atoms with E-state index in [4.69, 9.17) is 17.3 Å². The van der Waals surface area contributed by atoms with Gasteiger partial charge in [-0.2, -0.15) is 0 Å². The van der Waals surface area contributed by atoms with Crippen molar-refractivity contribution in [3.8, 4) is 0 Å². The molecule has 2 N–H and O–H groups in total. The van der Waals surface area contributed by atoms with Gasteiger partial charge in [-0.25, -0.2) is 4.98 Å². The second-order valence-electron chi connectivity index (χ2n) is 4.32. The normalized spacial score (nSPS) is 10.3. The van der Waals surface area contributed by atoms with Crippen LogP contribution in [0.3, 0.4) is 0 Å². The van der Waals surface area contributed by atoms with Gasteiger partial charge in [0.25, 0.3) is 0 Å². The van der Waals surface area contributed by atoms with Crippen molar-refractivity contribution in [1.82, 2.24) is 4.98 Å². The van der Waals surface area contributed by atoms with Gasteiger partial charge < -0.3 is 10.6 Å². The van der Waals surface area contributed by atoms with Crippen molar-refractivity contribution in [3.63, 3.8) is 0 Å². The monoisotopic (exact) mass is 292 g/mol. The van der Waals surface area contributed by atoms with Crippen LogP contribution in [0.1, 0.15) is 5.56 Å². The zero-order chi connectivity index (χ0) is 14.7. The van der Waals surface area contributed by atoms with Crippen LogP contribution >= 0.6 is 11.6 Å². The molecule has 2 aromatic rings. The summed E-state index contributed by atoms with van der Waals surface area (Å²) >= 11 is 5.82. The van der Waals surface area contributed by atoms with Gasteiger partial charge in [0.2, 0.25) is 5.82 Å². The number of aromatic nitrogens is 1. The van der Waals surface area contributed by atoms with E-state index in [2.05, 4.69) is 4.98 Å². The molecule has 0 spiro atoms. The van der Waals surface area contributed by atoms with Crippen LogP contribution in [0, 0.1) is 10.1 Å². The summed E-state index contributed by atoms with van der Waals surface area (Å²) in [4.78, 5) is 16.3. The number of hydrogen-bond acceptors (Lipinski definition) is 5. The Labute approximate surface area is 120 Å². The molecule has 0 amide bonds. The number of pyridine rings is 1. The van der Waals surface area contributed by atoms with Crippen molar-refractivity contribution in [2.24, 2.45) is 0 Å². The molecule has 0 fully saturated rings. The molecule has 0 saturated carbocycles. The van der Waals surface area contributed by atoms with E-state index < -0.39 is 4.92 Å². The lowest BCUT2D eigenvalue weighted by Crippen LogP contribution is -2.19. The zero-order valence-corrected chi connectivity index (χ0v) is 11.5. The van der Waals surface area contributed by atoms with Gasteiger partial charge in [-0.1, -0.05) is 23.7 Å². The Morgan fingerprint density at radius 3 is 2.55 bits per heavy atom. The number of anilines is 2. The fourth-order valence-corrected chi connectivity index (χ4v) is 1.94. The van der Waals surface area contributed by atoms with Crippen molar-refractivity contribution in [2.75, 3.05) is 17.7 Å². The summed E-state index contributed by atoms with van der Waals surface area (Å²) in [6.45, 7) is 0.467. The molecule has 6 nitrogen and oxygen atoms in total. The number of nitro groups is 1. The van der Waals surface area contributed by atoms with Crippen LogP contribution in [0.4, 0.5) is 17.3 Å². The maximum Gasteiger partial charge on any atom is 0.311 e. The minimum Gasteiger partial charge on any atom is -0.384 e. The number of benzene rings is 1. The first kappa shape index (κ1) is 14.1. The van der Waals surface area contributed by atoms with E-state index in [0.717, 1.165) is 5.56 Å². The molecule has 0 aliphatic carbocycles. The number of nitrogen functional groups attached to an aromatic ring is 1. The maximum atomic E-state index is 11.0. The molecule has 0 aliphatic rings. The van der Waals surface area contributed by atoms with Gasteiger partial charge in [0.05, 0.1) is 4.92 Å². The van der Waals surface area contributed by atoms with Crippen LogP contribution < -0.4 is 10.6 Å². The quantitative estimate of drug-likeness (QED) is 0.692. The van der Waals surface area contributed by atoms with Crippen LogP contribution in [0.15, 0.2) is 36.4 Å². The SMILES string of the molecule is CN(Cc1ccc(Cl)cc1)c1nc(N)ccc1[N+](=O)[O-]. The maximum absolute atomic E-state index is 11.0. The van der Waals surface area contributed by atoms with Crippen molar-refractivity contribution in [3.05, 3.63) is 57.1 Å². The van der Waals surface area contributed by atoms with Crippen LogP contribution in [-0.4, -0.2) is 17.0 Å². The highest BCUT2D eigenvalue weighted by molar-refractivity contribution is 6.30. The van der Waals surface area contributed by atoms with Crippen molar-refractivity contribution in [1.29, 1.82) is 0 Å². The summed E-state index contributed by atoms with van der Waals surface area (Å²) in [5.41, 5.74) is 6.50. The molecule has 1 aromatic heterocycles. The van der Waals surface area contributed by atoms with Crippen LogP contribution in [0.2, 0.25) is 5.02 Å². The Bertz CT molecular complexity index is 631. The molecular formula is C13H13ClN4O2. The largest absolute Gasteiger partial charge is 0.384 e. The first-order chi connectivity index (χ1) is 9.47. The average molecular weight is 293 g/mol. The summed E-state index contributed by atoms with van der Waals surface area (Å²) in [7, 11) is 1.73. The molecule has 1 aromatic carbocycles. The third kappa shape index (κ3) is 3.16. The summed E-state index contributed by atoms with van der Waals surface area (Å²) < 4.78 is 0. The third-order valence-corrected chi connectivity index (χ3v) is 3.02. The van der Waals surface area contributed by atoms with Gasteiger partial charge in [-0.05, 0) is 23.8 Å². The Morgan fingerprint density at radius 2 is 1.95 bits per heavy atom. The molecule has 0 saturated heterocycles. The molecule has 1 heterocycles. The van der Waals surface area contributed by atoms with Crippen LogP contribution in [-0.2, 0) is 6.54 Å². The number of nitrogens with two attached hydrogens (primary N) is 1. The van der Waals surface area contributed by atoms with Gasteiger partial charge in [-0.3, -0.25) is 10.1 Å². The highest BCUT2D eigenvalue weighted by Gasteiger charge is 2.19. The van der Waals surface area contributed by atoms with Gasteiger partial charge in [0.1, 0.15) is 5.82 Å². The highest BCUT2D eigenvalue weighted by Crippen LogP contribution is 2.27. The topological polar surface area (TPSA) is 85.3 Å². The van der Waals surface area contributed by atoms with Crippen molar-refractivity contribution >= 4 is 28.9 Å². The molecule has 7 heteroatoms. The lowest BCUT2D eigenvalue weighted by Gasteiger charge is -2.18. The minimum absolute atomic E-state index is 0.0735. The van der Waals surface area contributed by atoms with Crippen molar-refractivity contribution < 1.29 is 4.92 Å². The highest BCUT2D eigenvalue weighted by atomic mass is 35.5. The van der Waals surface area contributed by atoms with E-state index in [1.165, 1.54) is 12.1 Å². The predicted molar refractivity (Wildman–Crippen MR) is 78.9 cm³/mol. The number of hydrogen-bond donors (Lipinski definition) is 1. The second kappa shape index (κ2) is 5.75. The Kier molecular flexibility index (Phi) is 4.05. The van der Waals surface area contributed by atoms with Crippen LogP contribution in [0.5, 0.6) is 0 Å². The molecule has 104 valence electrons. The van der Waals surface area contributed by atoms with E-state index >= 15 is 0 Å². The fraction of sp³-hybridized carbons (Fsp3) is 0.154. The van der Waals surface area contributed by atoms with Gasteiger partial charge in [0, 0.05) is 24.7 Å². The molecule has 2 rings (SSSR count). The third-order valence-electron chi connectivity index (χ3n) is 2.77. The van der Waals surface area contributed by atoms with Gasteiger partial charge in [0.15, 0.2) is 0 Å². The first-order valence-corrected chi connectivity index (χ1v) is 6.21. The lowest BCUT2D eigenvalue weighted by atomic mass is 10.2. The predicted octanol–water partition coefficient (Wildman–Crippen LogP) is 2.86.